The lowest BCUT2D eigenvalue weighted by molar-refractivity contribution is -0.198. The van der Waals surface area contributed by atoms with Gasteiger partial charge >= 0.3 is 10.1 Å². The van der Waals surface area contributed by atoms with Crippen molar-refractivity contribution < 1.29 is 26.8 Å². The van der Waals surface area contributed by atoms with E-state index in [1.165, 1.54) is 39.5 Å². The monoisotopic (exact) mass is 386 g/mol. The molecule has 0 aromatic heterocycles. The Morgan fingerprint density at radius 3 is 2.12 bits per heavy atom. The zero-order chi connectivity index (χ0) is 18.5. The van der Waals surface area contributed by atoms with E-state index in [4.69, 9.17) is 30.0 Å². The largest absolute Gasteiger partial charge is 0.493 e. The maximum absolute atomic E-state index is 12.4. The summed E-state index contributed by atoms with van der Waals surface area (Å²) in [6.07, 6.45) is 0. The Morgan fingerprint density at radius 2 is 1.60 bits per heavy atom. The molecule has 0 atom stereocenters. The number of hydrogen-bond donors (Lipinski definition) is 0. The predicted molar refractivity (Wildman–Crippen MR) is 93.7 cm³/mol. The molecule has 0 saturated carbocycles. The van der Waals surface area contributed by atoms with Crippen LogP contribution in [0.5, 0.6) is 11.5 Å². The van der Waals surface area contributed by atoms with Gasteiger partial charge in [-0.3, -0.25) is 0 Å². The van der Waals surface area contributed by atoms with E-state index in [0.29, 0.717) is 5.56 Å². The zero-order valence-electron chi connectivity index (χ0n) is 14.1. The van der Waals surface area contributed by atoms with Crippen LogP contribution in [0.15, 0.2) is 53.4 Å². The third-order valence-corrected chi connectivity index (χ3v) is 5.27. The van der Waals surface area contributed by atoms with E-state index in [2.05, 4.69) is 0 Å². The highest BCUT2D eigenvalue weighted by Crippen LogP contribution is 2.36. The molecule has 0 fully saturated rings. The molecule has 0 amide bonds. The molecule has 6 nitrogen and oxygen atoms in total. The Hall–Kier alpha value is -1.80. The smallest absolute Gasteiger partial charge is 0.339 e. The Balaban J connectivity index is 2.41. The van der Waals surface area contributed by atoms with Crippen LogP contribution in [0.3, 0.4) is 0 Å². The maximum atomic E-state index is 12.4. The van der Waals surface area contributed by atoms with Crippen molar-refractivity contribution in [3.05, 3.63) is 54.1 Å². The molecule has 0 bridgehead atoms. The minimum Gasteiger partial charge on any atom is -0.493 e. The molecule has 2 aromatic carbocycles. The van der Waals surface area contributed by atoms with Crippen LogP contribution in [0.25, 0.3) is 0 Å². The van der Waals surface area contributed by atoms with Crippen LogP contribution < -0.4 is 8.92 Å². The van der Waals surface area contributed by atoms with Crippen molar-refractivity contribution in [2.45, 2.75) is 10.7 Å². The predicted octanol–water partition coefficient (Wildman–Crippen LogP) is 3.15. The number of benzene rings is 2. The molecule has 0 radical (unpaired) electrons. The summed E-state index contributed by atoms with van der Waals surface area (Å²) in [5.74, 6) is -0.886. The molecule has 0 saturated heterocycles. The molecule has 2 aromatic rings. The third-order valence-electron chi connectivity index (χ3n) is 3.67. The van der Waals surface area contributed by atoms with Crippen LogP contribution >= 0.6 is 11.6 Å². The van der Waals surface area contributed by atoms with Crippen molar-refractivity contribution in [2.24, 2.45) is 0 Å². The van der Waals surface area contributed by atoms with Crippen LogP contribution in [0, 0.1) is 0 Å². The molecule has 0 aliphatic heterocycles. The average molecular weight is 387 g/mol. The minimum atomic E-state index is -3.98. The van der Waals surface area contributed by atoms with E-state index in [1.807, 2.05) is 0 Å². The summed E-state index contributed by atoms with van der Waals surface area (Å²) >= 11 is 5.96. The van der Waals surface area contributed by atoms with Gasteiger partial charge in [-0.2, -0.15) is 8.42 Å². The van der Waals surface area contributed by atoms with Gasteiger partial charge in [0.05, 0.1) is 13.0 Å². The fourth-order valence-corrected chi connectivity index (χ4v) is 3.57. The SMILES string of the molecule is COc1cc(C(CCl)(OC)OC)ccc1OS(=O)(=O)c1ccccc1. The van der Waals surface area contributed by atoms with Crippen LogP contribution in [-0.2, 0) is 25.4 Å². The lowest BCUT2D eigenvalue weighted by Crippen LogP contribution is -2.32. The Bertz CT molecular complexity index is 795. The first-order valence-corrected chi connectivity index (χ1v) is 9.21. The quantitative estimate of drug-likeness (QED) is 0.394. The van der Waals surface area contributed by atoms with Gasteiger partial charge in [-0.05, 0) is 30.3 Å². The summed E-state index contributed by atoms with van der Waals surface area (Å²) in [5, 5.41) is 0. The fourth-order valence-electron chi connectivity index (χ4n) is 2.23. The Labute approximate surface area is 152 Å². The van der Waals surface area contributed by atoms with E-state index in [1.54, 1.807) is 30.3 Å². The van der Waals surface area contributed by atoms with E-state index in [0.717, 1.165) is 0 Å². The molecule has 25 heavy (non-hydrogen) atoms. The van der Waals surface area contributed by atoms with Gasteiger partial charge in [0.15, 0.2) is 11.5 Å². The number of alkyl halides is 1. The third kappa shape index (κ3) is 4.07. The molecule has 0 unspecified atom stereocenters. The van der Waals surface area contributed by atoms with Crippen LogP contribution in [0.4, 0.5) is 0 Å². The van der Waals surface area contributed by atoms with Crippen molar-refractivity contribution in [1.82, 2.24) is 0 Å². The topological polar surface area (TPSA) is 71.1 Å². The molecule has 0 N–H and O–H groups in total. The molecule has 136 valence electrons. The molecular weight excluding hydrogens is 368 g/mol. The first-order chi connectivity index (χ1) is 11.9. The summed E-state index contributed by atoms with van der Waals surface area (Å²) in [7, 11) is 0.348. The maximum Gasteiger partial charge on any atom is 0.339 e. The van der Waals surface area contributed by atoms with E-state index >= 15 is 0 Å². The highest BCUT2D eigenvalue weighted by molar-refractivity contribution is 7.87. The highest BCUT2D eigenvalue weighted by Gasteiger charge is 2.32. The van der Waals surface area contributed by atoms with E-state index in [9.17, 15) is 8.42 Å². The summed E-state index contributed by atoms with van der Waals surface area (Å²) in [5.41, 5.74) is 0.564. The number of rotatable bonds is 8. The molecule has 8 heteroatoms. The van der Waals surface area contributed by atoms with Gasteiger partial charge in [0.2, 0.25) is 5.79 Å². The number of ether oxygens (including phenoxy) is 3. The molecule has 2 rings (SSSR count). The molecule has 0 spiro atoms. The first-order valence-electron chi connectivity index (χ1n) is 7.26. The van der Waals surface area contributed by atoms with Crippen molar-refractivity contribution in [3.8, 4) is 11.5 Å². The fraction of sp³-hybridized carbons (Fsp3) is 0.294. The highest BCUT2D eigenvalue weighted by atomic mass is 35.5. The molecule has 0 aliphatic carbocycles. The van der Waals surface area contributed by atoms with Crippen LogP contribution in [0.2, 0.25) is 0 Å². The van der Waals surface area contributed by atoms with Crippen molar-refractivity contribution in [3.63, 3.8) is 0 Å². The number of halogens is 1. The van der Waals surface area contributed by atoms with Crippen molar-refractivity contribution in [2.75, 3.05) is 27.2 Å². The summed E-state index contributed by atoms with van der Waals surface area (Å²) in [6, 6.07) is 12.5. The molecular formula is C17H19ClO6S. The lowest BCUT2D eigenvalue weighted by atomic mass is 10.1. The zero-order valence-corrected chi connectivity index (χ0v) is 15.6. The van der Waals surface area contributed by atoms with Gasteiger partial charge in [0.1, 0.15) is 4.90 Å². The van der Waals surface area contributed by atoms with Crippen molar-refractivity contribution >= 4 is 21.7 Å². The number of hydrogen-bond acceptors (Lipinski definition) is 6. The minimum absolute atomic E-state index is 0.0334. The Morgan fingerprint density at radius 1 is 0.960 bits per heavy atom. The van der Waals surface area contributed by atoms with Crippen LogP contribution in [0.1, 0.15) is 5.56 Å². The Kier molecular flexibility index (Phi) is 6.29. The van der Waals surface area contributed by atoms with Gasteiger partial charge in [-0.25, -0.2) is 0 Å². The second-order valence-electron chi connectivity index (χ2n) is 5.01. The average Bonchev–Trinajstić information content (AvgIpc) is 2.65. The lowest BCUT2D eigenvalue weighted by Gasteiger charge is -2.29. The summed E-state index contributed by atoms with van der Waals surface area (Å²) in [6.45, 7) is 0. The second-order valence-corrected chi connectivity index (χ2v) is 6.82. The van der Waals surface area contributed by atoms with Crippen LogP contribution in [-0.4, -0.2) is 35.6 Å². The van der Waals surface area contributed by atoms with E-state index < -0.39 is 15.9 Å². The standard InChI is InChI=1S/C17H19ClO6S/c1-21-16-11-13(17(12-18,22-2)23-3)9-10-15(16)24-25(19,20)14-7-5-4-6-8-14/h4-11H,12H2,1-3H3. The molecule has 0 aliphatic rings. The summed E-state index contributed by atoms with van der Waals surface area (Å²) < 4.78 is 45.9. The van der Waals surface area contributed by atoms with Crippen molar-refractivity contribution in [1.29, 1.82) is 0 Å². The second kappa shape index (κ2) is 8.05. The summed E-state index contributed by atoms with van der Waals surface area (Å²) in [4.78, 5) is 0.0463. The van der Waals surface area contributed by atoms with Gasteiger partial charge in [-0.1, -0.05) is 18.2 Å². The molecule has 0 heterocycles. The van der Waals surface area contributed by atoms with Gasteiger partial charge < -0.3 is 18.4 Å². The first kappa shape index (κ1) is 19.5. The van der Waals surface area contributed by atoms with Gasteiger partial charge in [0, 0.05) is 19.8 Å². The van der Waals surface area contributed by atoms with Gasteiger partial charge in [-0.15, -0.1) is 11.6 Å². The van der Waals surface area contributed by atoms with E-state index in [-0.39, 0.29) is 22.3 Å². The normalized spacial score (nSPS) is 12.0. The van der Waals surface area contributed by atoms with Gasteiger partial charge in [0.25, 0.3) is 0 Å². The number of methoxy groups -OCH3 is 3.